The summed E-state index contributed by atoms with van der Waals surface area (Å²) in [5.41, 5.74) is -0.596. The largest absolute Gasteiger partial charge is 0.503 e. The lowest BCUT2D eigenvalue weighted by Crippen LogP contribution is -2.36. The van der Waals surface area contributed by atoms with Gasteiger partial charge in [-0.15, -0.1) is 0 Å². The molecule has 3 rings (SSSR count). The van der Waals surface area contributed by atoms with Gasteiger partial charge in [-0.05, 0) is 5.56 Å². The number of benzene rings is 1. The van der Waals surface area contributed by atoms with Gasteiger partial charge < -0.3 is 20.6 Å². The molecule has 1 amide bonds. The van der Waals surface area contributed by atoms with Gasteiger partial charge in [0.2, 0.25) is 0 Å². The van der Waals surface area contributed by atoms with Crippen LogP contribution in [-0.4, -0.2) is 40.0 Å². The standard InChI is InChI=1S/C18H17N5O4/c1-23(2)18(27)13-16(26)17(21-9-20-13)22-12-11(14(24)15(12)25)19-8-10-6-4-3-5-7-10/h3-7,9,19,26H,8H2,1-2H3,(H,20,21,22). The van der Waals surface area contributed by atoms with Crippen molar-refractivity contribution in [1.29, 1.82) is 0 Å². The van der Waals surface area contributed by atoms with E-state index >= 15 is 0 Å². The Labute approximate surface area is 154 Å². The van der Waals surface area contributed by atoms with Gasteiger partial charge in [0, 0.05) is 20.6 Å². The molecule has 0 aliphatic heterocycles. The van der Waals surface area contributed by atoms with Gasteiger partial charge in [0.15, 0.2) is 17.3 Å². The molecule has 9 heteroatoms. The highest BCUT2D eigenvalue weighted by Crippen LogP contribution is 2.28. The van der Waals surface area contributed by atoms with Crippen LogP contribution >= 0.6 is 0 Å². The first kappa shape index (κ1) is 18.1. The minimum Gasteiger partial charge on any atom is -0.503 e. The maximum absolute atomic E-state index is 12.0. The molecule has 1 heterocycles. The summed E-state index contributed by atoms with van der Waals surface area (Å²) in [6.07, 6.45) is 1.08. The van der Waals surface area contributed by atoms with Crippen LogP contribution in [0.4, 0.5) is 17.2 Å². The van der Waals surface area contributed by atoms with E-state index < -0.39 is 22.5 Å². The van der Waals surface area contributed by atoms with Crippen LogP contribution in [0.25, 0.3) is 0 Å². The Kier molecular flexibility index (Phi) is 4.84. The second-order valence-corrected chi connectivity index (χ2v) is 5.99. The summed E-state index contributed by atoms with van der Waals surface area (Å²) in [6.45, 7) is 0.348. The summed E-state index contributed by atoms with van der Waals surface area (Å²) in [5, 5.41) is 15.8. The number of amides is 1. The summed E-state index contributed by atoms with van der Waals surface area (Å²) in [6, 6.07) is 9.35. The summed E-state index contributed by atoms with van der Waals surface area (Å²) < 4.78 is 0. The molecule has 1 aromatic heterocycles. The molecule has 2 aromatic carbocycles. The SMILES string of the molecule is CN(C)C(=O)c1ncnc(Nc2c(NCc3ccccc3)c(=O)c2=O)c1O. The van der Waals surface area contributed by atoms with E-state index in [4.69, 9.17) is 0 Å². The van der Waals surface area contributed by atoms with Crippen molar-refractivity contribution in [2.75, 3.05) is 24.7 Å². The van der Waals surface area contributed by atoms with E-state index in [1.807, 2.05) is 30.3 Å². The number of carbonyl (C=O) groups excluding carboxylic acids is 1. The molecule has 138 valence electrons. The molecule has 0 saturated heterocycles. The van der Waals surface area contributed by atoms with Crippen molar-refractivity contribution in [3.63, 3.8) is 0 Å². The minimum absolute atomic E-state index is 0.0202. The van der Waals surface area contributed by atoms with E-state index in [0.717, 1.165) is 11.9 Å². The van der Waals surface area contributed by atoms with E-state index in [0.29, 0.717) is 6.54 Å². The van der Waals surface area contributed by atoms with Gasteiger partial charge in [0.25, 0.3) is 16.8 Å². The lowest BCUT2D eigenvalue weighted by Gasteiger charge is -2.16. The van der Waals surface area contributed by atoms with Crippen LogP contribution in [0, 0.1) is 0 Å². The lowest BCUT2D eigenvalue weighted by molar-refractivity contribution is 0.0818. The van der Waals surface area contributed by atoms with Crippen LogP contribution in [0.1, 0.15) is 16.1 Å². The summed E-state index contributed by atoms with van der Waals surface area (Å²) in [5.74, 6) is -1.16. The normalized spacial score (nSPS) is 10.6. The first-order valence-corrected chi connectivity index (χ1v) is 8.04. The van der Waals surface area contributed by atoms with Crippen LogP contribution in [0.5, 0.6) is 5.75 Å². The number of aromatic nitrogens is 2. The van der Waals surface area contributed by atoms with E-state index in [9.17, 15) is 19.5 Å². The van der Waals surface area contributed by atoms with Gasteiger partial charge in [-0.25, -0.2) is 9.97 Å². The van der Waals surface area contributed by atoms with Crippen LogP contribution in [-0.2, 0) is 6.54 Å². The Morgan fingerprint density at radius 3 is 2.41 bits per heavy atom. The van der Waals surface area contributed by atoms with Crippen molar-refractivity contribution in [2.45, 2.75) is 6.54 Å². The van der Waals surface area contributed by atoms with Crippen LogP contribution < -0.4 is 21.5 Å². The molecule has 9 nitrogen and oxygen atoms in total. The molecule has 0 atom stereocenters. The Bertz CT molecular complexity index is 1060. The summed E-state index contributed by atoms with van der Waals surface area (Å²) in [4.78, 5) is 44.7. The highest BCUT2D eigenvalue weighted by atomic mass is 16.3. The zero-order chi connectivity index (χ0) is 19.6. The van der Waals surface area contributed by atoms with E-state index in [2.05, 4.69) is 20.6 Å². The molecule has 3 N–H and O–H groups in total. The quantitative estimate of drug-likeness (QED) is 0.547. The Hall–Kier alpha value is -3.75. The maximum atomic E-state index is 12.0. The molecule has 27 heavy (non-hydrogen) atoms. The molecular weight excluding hydrogens is 350 g/mol. The Morgan fingerprint density at radius 2 is 1.74 bits per heavy atom. The molecule has 3 aromatic rings. The van der Waals surface area contributed by atoms with Crippen molar-refractivity contribution in [2.24, 2.45) is 0 Å². The third kappa shape index (κ3) is 3.47. The van der Waals surface area contributed by atoms with Crippen molar-refractivity contribution in [1.82, 2.24) is 14.9 Å². The van der Waals surface area contributed by atoms with Gasteiger partial charge >= 0.3 is 0 Å². The zero-order valence-corrected chi connectivity index (χ0v) is 14.7. The molecular formula is C18H17N5O4. The third-order valence-corrected chi connectivity index (χ3v) is 3.90. The van der Waals surface area contributed by atoms with Crippen molar-refractivity contribution in [3.8, 4) is 5.75 Å². The van der Waals surface area contributed by atoms with Crippen LogP contribution in [0.2, 0.25) is 0 Å². The molecule has 0 bridgehead atoms. The fraction of sp³-hybridized carbons (Fsp3) is 0.167. The van der Waals surface area contributed by atoms with Gasteiger partial charge in [-0.1, -0.05) is 30.3 Å². The van der Waals surface area contributed by atoms with Gasteiger partial charge in [-0.2, -0.15) is 0 Å². The molecule has 0 aliphatic rings. The zero-order valence-electron chi connectivity index (χ0n) is 14.7. The summed E-state index contributed by atoms with van der Waals surface area (Å²) >= 11 is 0. The molecule has 0 aliphatic carbocycles. The number of rotatable bonds is 6. The predicted octanol–water partition coefficient (Wildman–Crippen LogP) is 0.836. The molecule has 0 saturated carbocycles. The van der Waals surface area contributed by atoms with Crippen molar-refractivity contribution in [3.05, 3.63) is 68.4 Å². The topological polar surface area (TPSA) is 125 Å². The van der Waals surface area contributed by atoms with Crippen molar-refractivity contribution < 1.29 is 9.90 Å². The van der Waals surface area contributed by atoms with Crippen LogP contribution in [0.3, 0.4) is 0 Å². The average molecular weight is 367 g/mol. The number of hydrogen-bond donors (Lipinski definition) is 3. The minimum atomic E-state index is -0.732. The van der Waals surface area contributed by atoms with E-state index in [1.165, 1.54) is 19.0 Å². The monoisotopic (exact) mass is 367 g/mol. The maximum Gasteiger partial charge on any atom is 0.276 e. The second kappa shape index (κ2) is 7.24. The Balaban J connectivity index is 1.84. The first-order chi connectivity index (χ1) is 12.9. The van der Waals surface area contributed by atoms with Crippen molar-refractivity contribution >= 4 is 23.1 Å². The molecule has 0 fully saturated rings. The van der Waals surface area contributed by atoms with Gasteiger partial charge in [-0.3, -0.25) is 14.4 Å². The van der Waals surface area contributed by atoms with Gasteiger partial charge in [0.05, 0.1) is 0 Å². The second-order valence-electron chi connectivity index (χ2n) is 5.99. The fourth-order valence-electron chi connectivity index (χ4n) is 2.42. The summed E-state index contributed by atoms with van der Waals surface area (Å²) in [7, 11) is 3.03. The first-order valence-electron chi connectivity index (χ1n) is 8.04. The molecule has 0 unspecified atom stereocenters. The smallest absolute Gasteiger partial charge is 0.276 e. The number of nitrogens with zero attached hydrogens (tertiary/aromatic N) is 3. The fourth-order valence-corrected chi connectivity index (χ4v) is 2.42. The van der Waals surface area contributed by atoms with Gasteiger partial charge in [0.1, 0.15) is 17.7 Å². The number of aromatic hydroxyl groups is 1. The Morgan fingerprint density at radius 1 is 1.07 bits per heavy atom. The molecule has 0 radical (unpaired) electrons. The highest BCUT2D eigenvalue weighted by Gasteiger charge is 2.24. The van der Waals surface area contributed by atoms with E-state index in [-0.39, 0.29) is 22.9 Å². The van der Waals surface area contributed by atoms with E-state index in [1.54, 1.807) is 0 Å². The molecule has 0 spiro atoms. The predicted molar refractivity (Wildman–Crippen MR) is 100 cm³/mol. The van der Waals surface area contributed by atoms with Crippen LogP contribution in [0.15, 0.2) is 46.2 Å². The number of hydrogen-bond acceptors (Lipinski definition) is 8. The third-order valence-electron chi connectivity index (χ3n) is 3.90. The average Bonchev–Trinajstić information content (AvgIpc) is 2.68. The number of anilines is 3. The highest BCUT2D eigenvalue weighted by molar-refractivity contribution is 5.96. The number of carbonyl (C=O) groups is 1. The number of nitrogens with one attached hydrogen (secondary N) is 2. The lowest BCUT2D eigenvalue weighted by atomic mass is 10.1.